The Balaban J connectivity index is 1.18. The zero-order chi connectivity index (χ0) is 23.8. The second-order valence-electron chi connectivity index (χ2n) is 8.63. The van der Waals surface area contributed by atoms with E-state index in [-0.39, 0.29) is 35.4 Å². The predicted molar refractivity (Wildman–Crippen MR) is 127 cm³/mol. The number of hydrogen-bond donors (Lipinski definition) is 5. The zero-order valence-electron chi connectivity index (χ0n) is 19.1. The van der Waals surface area contributed by atoms with Gasteiger partial charge in [-0.1, -0.05) is 24.3 Å². The third-order valence-corrected chi connectivity index (χ3v) is 6.10. The molecule has 0 spiro atoms. The monoisotopic (exact) mass is 465 g/mol. The van der Waals surface area contributed by atoms with Crippen LogP contribution in [0.1, 0.15) is 47.3 Å². The lowest BCUT2D eigenvalue weighted by Crippen LogP contribution is -2.40. The Morgan fingerprint density at radius 1 is 0.971 bits per heavy atom. The van der Waals surface area contributed by atoms with Crippen LogP contribution < -0.4 is 26.6 Å². The van der Waals surface area contributed by atoms with E-state index in [1.165, 1.54) is 23.5 Å². The maximum absolute atomic E-state index is 12.8. The van der Waals surface area contributed by atoms with Crippen molar-refractivity contribution in [1.29, 1.82) is 0 Å². The number of nitrogens with zero attached hydrogens (tertiary/aromatic N) is 2. The highest BCUT2D eigenvalue weighted by Gasteiger charge is 2.25. The molecule has 2 heterocycles. The van der Waals surface area contributed by atoms with Gasteiger partial charge >= 0.3 is 6.03 Å². The molecule has 34 heavy (non-hydrogen) atoms. The molecule has 4 amide bonds. The van der Waals surface area contributed by atoms with Gasteiger partial charge in [-0.15, -0.1) is 0 Å². The maximum atomic E-state index is 12.8. The Labute approximate surface area is 198 Å². The first-order chi connectivity index (χ1) is 16.6. The molecule has 5 N–H and O–H groups in total. The van der Waals surface area contributed by atoms with Crippen LogP contribution in [0.5, 0.6) is 0 Å². The van der Waals surface area contributed by atoms with E-state index in [9.17, 15) is 14.4 Å². The van der Waals surface area contributed by atoms with E-state index >= 15 is 0 Å². The van der Waals surface area contributed by atoms with Gasteiger partial charge < -0.3 is 21.3 Å². The second kappa shape index (κ2) is 11.6. The molecule has 1 aromatic heterocycles. The molecule has 10 nitrogen and oxygen atoms in total. The fourth-order valence-electron chi connectivity index (χ4n) is 4.36. The minimum Gasteiger partial charge on any atom is -0.355 e. The van der Waals surface area contributed by atoms with E-state index in [2.05, 4.69) is 48.7 Å². The third-order valence-electron chi connectivity index (χ3n) is 6.10. The van der Waals surface area contributed by atoms with Crippen LogP contribution in [0.3, 0.4) is 0 Å². The molecule has 0 bridgehead atoms. The van der Waals surface area contributed by atoms with E-state index in [4.69, 9.17) is 0 Å². The van der Waals surface area contributed by atoms with Crippen molar-refractivity contribution >= 4 is 23.7 Å². The lowest BCUT2D eigenvalue weighted by molar-refractivity contribution is -0.122. The van der Waals surface area contributed by atoms with Gasteiger partial charge in [0.05, 0.1) is 6.04 Å². The zero-order valence-corrected chi connectivity index (χ0v) is 19.1. The third kappa shape index (κ3) is 6.28. The van der Waals surface area contributed by atoms with E-state index < -0.39 is 6.03 Å². The van der Waals surface area contributed by atoms with Crippen molar-refractivity contribution in [2.45, 2.75) is 50.6 Å². The molecule has 4 rings (SSSR count). The maximum Gasteiger partial charge on any atom is 0.320 e. The van der Waals surface area contributed by atoms with Gasteiger partial charge in [0.2, 0.25) is 5.91 Å². The molecule has 0 radical (unpaired) electrons. The number of carbonyl (C=O) groups is 3. The van der Waals surface area contributed by atoms with Crippen LogP contribution in [-0.2, 0) is 17.6 Å². The van der Waals surface area contributed by atoms with Crippen LogP contribution in [0.25, 0.3) is 0 Å². The molecular weight excluding hydrogens is 434 g/mol. The number of carbonyl (C=O) groups excluding carboxylic acids is 3. The van der Waals surface area contributed by atoms with Gasteiger partial charge in [0, 0.05) is 31.5 Å². The summed E-state index contributed by atoms with van der Waals surface area (Å²) in [7, 11) is 0. The molecule has 1 aliphatic heterocycles. The molecular formula is C24H31N7O3. The van der Waals surface area contributed by atoms with Crippen molar-refractivity contribution in [3.05, 3.63) is 53.5 Å². The van der Waals surface area contributed by atoms with Gasteiger partial charge in [-0.3, -0.25) is 14.9 Å². The van der Waals surface area contributed by atoms with Gasteiger partial charge in [-0.05, 0) is 56.2 Å². The molecule has 2 aromatic rings. The SMILES string of the molecule is O=C(NCCCCNC(=O)C1CCCN1)Nc1nccnc1C(=O)NC1Cc2ccccc2C1. The Kier molecular flexibility index (Phi) is 8.03. The molecule has 1 aromatic carbocycles. The van der Waals surface area contributed by atoms with Crippen LogP contribution in [0.4, 0.5) is 10.6 Å². The van der Waals surface area contributed by atoms with Crippen LogP contribution in [0.15, 0.2) is 36.7 Å². The summed E-state index contributed by atoms with van der Waals surface area (Å²) < 4.78 is 0. The smallest absolute Gasteiger partial charge is 0.320 e. The van der Waals surface area contributed by atoms with Gasteiger partial charge in [0.1, 0.15) is 0 Å². The number of rotatable bonds is 9. The van der Waals surface area contributed by atoms with Gasteiger partial charge in [-0.25, -0.2) is 14.8 Å². The van der Waals surface area contributed by atoms with Crippen molar-refractivity contribution in [1.82, 2.24) is 31.2 Å². The molecule has 1 saturated heterocycles. The summed E-state index contributed by atoms with van der Waals surface area (Å²) in [5, 5.41) is 14.4. The minimum atomic E-state index is -0.456. The number of nitrogens with one attached hydrogen (secondary N) is 5. The van der Waals surface area contributed by atoms with Crippen LogP contribution in [0.2, 0.25) is 0 Å². The molecule has 10 heteroatoms. The summed E-state index contributed by atoms with van der Waals surface area (Å²) in [5.41, 5.74) is 2.55. The van der Waals surface area contributed by atoms with Gasteiger partial charge in [0.25, 0.3) is 5.91 Å². The number of fused-ring (bicyclic) bond motifs is 1. The molecule has 180 valence electrons. The summed E-state index contributed by atoms with van der Waals surface area (Å²) in [6.45, 7) is 1.90. The summed E-state index contributed by atoms with van der Waals surface area (Å²) in [6.07, 6.45) is 7.76. The highest BCUT2D eigenvalue weighted by molar-refractivity contribution is 6.00. The number of benzene rings is 1. The lowest BCUT2D eigenvalue weighted by Gasteiger charge is -2.14. The van der Waals surface area contributed by atoms with E-state index in [1.807, 2.05) is 12.1 Å². The Hall–Kier alpha value is -3.53. The highest BCUT2D eigenvalue weighted by atomic mass is 16.2. The number of anilines is 1. The lowest BCUT2D eigenvalue weighted by atomic mass is 10.1. The normalized spacial score (nSPS) is 17.1. The van der Waals surface area contributed by atoms with Crippen molar-refractivity contribution in [3.63, 3.8) is 0 Å². The van der Waals surface area contributed by atoms with Crippen LogP contribution in [0, 0.1) is 0 Å². The number of hydrogen-bond acceptors (Lipinski definition) is 6. The van der Waals surface area contributed by atoms with Crippen LogP contribution in [-0.4, -0.2) is 59.5 Å². The number of unbranched alkanes of at least 4 members (excludes halogenated alkanes) is 1. The summed E-state index contributed by atoms with van der Waals surface area (Å²) in [4.78, 5) is 45.3. The number of amides is 4. The summed E-state index contributed by atoms with van der Waals surface area (Å²) in [6, 6.07) is 7.59. The first-order valence-electron chi connectivity index (χ1n) is 11.8. The average Bonchev–Trinajstić information content (AvgIpc) is 3.51. The van der Waals surface area contributed by atoms with E-state index in [1.54, 1.807) is 0 Å². The van der Waals surface area contributed by atoms with Gasteiger partial charge in [-0.2, -0.15) is 0 Å². The van der Waals surface area contributed by atoms with Crippen molar-refractivity contribution in [2.24, 2.45) is 0 Å². The van der Waals surface area contributed by atoms with Crippen LogP contribution >= 0.6 is 0 Å². The van der Waals surface area contributed by atoms with E-state index in [0.29, 0.717) is 19.5 Å². The first kappa shape index (κ1) is 23.6. The molecule has 1 atom stereocenters. The topological polar surface area (TPSA) is 137 Å². The predicted octanol–water partition coefficient (Wildman–Crippen LogP) is 1.14. The standard InChI is InChI=1S/C24H31N7O3/c32-22(19-8-5-11-25-19)28-9-3-4-10-29-24(34)31-21-20(26-12-13-27-21)23(33)30-18-14-16-6-1-2-7-17(16)15-18/h1-2,6-7,12-13,18-19,25H,3-5,8-11,14-15H2,(H,28,32)(H,30,33)(H2,27,29,31,34). The summed E-state index contributed by atoms with van der Waals surface area (Å²) in [5.74, 6) is -0.212. The van der Waals surface area contributed by atoms with Crippen molar-refractivity contribution < 1.29 is 14.4 Å². The fraction of sp³-hybridized carbons (Fsp3) is 0.458. The van der Waals surface area contributed by atoms with Crippen molar-refractivity contribution in [3.8, 4) is 0 Å². The fourth-order valence-corrected chi connectivity index (χ4v) is 4.36. The van der Waals surface area contributed by atoms with Gasteiger partial charge in [0.15, 0.2) is 11.5 Å². The quantitative estimate of drug-likeness (QED) is 0.352. The highest BCUT2D eigenvalue weighted by Crippen LogP contribution is 2.22. The molecule has 1 aliphatic carbocycles. The second-order valence-corrected chi connectivity index (χ2v) is 8.63. The average molecular weight is 466 g/mol. The summed E-state index contributed by atoms with van der Waals surface area (Å²) >= 11 is 0. The Morgan fingerprint density at radius 3 is 2.38 bits per heavy atom. The minimum absolute atomic E-state index is 0.0153. The Morgan fingerprint density at radius 2 is 1.68 bits per heavy atom. The molecule has 1 fully saturated rings. The molecule has 1 unspecified atom stereocenters. The molecule has 0 saturated carbocycles. The Bertz CT molecular complexity index is 998. The largest absolute Gasteiger partial charge is 0.355 e. The first-order valence-corrected chi connectivity index (χ1v) is 11.8. The number of urea groups is 1. The number of aromatic nitrogens is 2. The van der Waals surface area contributed by atoms with E-state index in [0.717, 1.165) is 38.6 Å². The molecule has 2 aliphatic rings. The van der Waals surface area contributed by atoms with Crippen molar-refractivity contribution in [2.75, 3.05) is 25.0 Å².